The van der Waals surface area contributed by atoms with Gasteiger partial charge >= 0.3 is 0 Å². The highest BCUT2D eigenvalue weighted by molar-refractivity contribution is 6.03. The number of carbonyl (C=O) groups excluding carboxylic acids is 1. The number of carbonyl (C=O) groups is 1. The molecule has 6 nitrogen and oxygen atoms in total. The van der Waals surface area contributed by atoms with Gasteiger partial charge < -0.3 is 15.1 Å². The lowest BCUT2D eigenvalue weighted by Crippen LogP contribution is -2.35. The second-order valence-electron chi connectivity index (χ2n) is 7.60. The number of nitrogens with one attached hydrogen (secondary N) is 1. The molecule has 2 aromatic rings. The summed E-state index contributed by atoms with van der Waals surface area (Å²) in [6.07, 6.45) is 2.44. The second-order valence-corrected chi connectivity index (χ2v) is 7.60. The van der Waals surface area contributed by atoms with Crippen LogP contribution in [0.2, 0.25) is 0 Å². The van der Waals surface area contributed by atoms with E-state index in [2.05, 4.69) is 52.2 Å². The smallest absolute Gasteiger partial charge is 0.276 e. The predicted octanol–water partition coefficient (Wildman–Crippen LogP) is 4.12. The summed E-state index contributed by atoms with van der Waals surface area (Å²) < 4.78 is 0. The SMILES string of the molecule is CCN(CC)c1ccc(NC(=O)c2ccc(N3CCCC(C)C3)nn2)c(C)c1. The van der Waals surface area contributed by atoms with Crippen LogP contribution < -0.4 is 15.1 Å². The Hall–Kier alpha value is -2.63. The minimum absolute atomic E-state index is 0.232. The first-order chi connectivity index (χ1) is 13.5. The Kier molecular flexibility index (Phi) is 6.49. The maximum absolute atomic E-state index is 12.6. The van der Waals surface area contributed by atoms with Crippen LogP contribution in [0.4, 0.5) is 17.2 Å². The number of piperidine rings is 1. The third kappa shape index (κ3) is 4.61. The van der Waals surface area contributed by atoms with E-state index in [9.17, 15) is 4.79 Å². The Morgan fingerprint density at radius 2 is 2.00 bits per heavy atom. The van der Waals surface area contributed by atoms with Crippen LogP contribution in [0.15, 0.2) is 30.3 Å². The van der Waals surface area contributed by atoms with E-state index in [1.165, 1.54) is 18.5 Å². The Labute approximate surface area is 168 Å². The van der Waals surface area contributed by atoms with Gasteiger partial charge in [0.1, 0.15) is 0 Å². The highest BCUT2D eigenvalue weighted by Gasteiger charge is 2.18. The lowest BCUT2D eigenvalue weighted by molar-refractivity contribution is 0.102. The largest absolute Gasteiger partial charge is 0.372 e. The van der Waals surface area contributed by atoms with Crippen molar-refractivity contribution in [1.82, 2.24) is 10.2 Å². The zero-order valence-corrected chi connectivity index (χ0v) is 17.4. The third-order valence-corrected chi connectivity index (χ3v) is 5.45. The number of nitrogens with zero attached hydrogens (tertiary/aromatic N) is 4. The van der Waals surface area contributed by atoms with Gasteiger partial charge in [0.05, 0.1) is 0 Å². The summed E-state index contributed by atoms with van der Waals surface area (Å²) in [5.74, 6) is 1.29. The molecule has 28 heavy (non-hydrogen) atoms. The monoisotopic (exact) mass is 381 g/mol. The van der Waals surface area contributed by atoms with Gasteiger partial charge in [0.2, 0.25) is 0 Å². The first-order valence-corrected chi connectivity index (χ1v) is 10.3. The number of aryl methyl sites for hydroxylation is 1. The Balaban J connectivity index is 1.67. The van der Waals surface area contributed by atoms with Crippen molar-refractivity contribution in [2.75, 3.05) is 41.3 Å². The summed E-state index contributed by atoms with van der Waals surface area (Å²) >= 11 is 0. The van der Waals surface area contributed by atoms with Gasteiger partial charge in [-0.1, -0.05) is 6.92 Å². The molecule has 3 rings (SSSR count). The standard InChI is InChI=1S/C22H31N5O/c1-5-26(6-2)18-9-10-19(17(4)14-18)23-22(28)20-11-12-21(25-24-20)27-13-7-8-16(3)15-27/h9-12,14,16H,5-8,13,15H2,1-4H3,(H,23,28). The molecule has 1 unspecified atom stereocenters. The van der Waals surface area contributed by atoms with Gasteiger partial charge in [-0.25, -0.2) is 0 Å². The van der Waals surface area contributed by atoms with Crippen molar-refractivity contribution in [1.29, 1.82) is 0 Å². The molecule has 1 aromatic heterocycles. The van der Waals surface area contributed by atoms with Gasteiger partial charge in [0.15, 0.2) is 11.5 Å². The molecule has 0 aliphatic carbocycles. The summed E-state index contributed by atoms with van der Waals surface area (Å²) in [6.45, 7) is 12.5. The van der Waals surface area contributed by atoms with E-state index in [1.54, 1.807) is 6.07 Å². The van der Waals surface area contributed by atoms with Crippen LogP contribution in [0, 0.1) is 12.8 Å². The summed E-state index contributed by atoms with van der Waals surface area (Å²) in [4.78, 5) is 17.1. The van der Waals surface area contributed by atoms with Crippen molar-refractivity contribution in [3.05, 3.63) is 41.6 Å². The summed E-state index contributed by atoms with van der Waals surface area (Å²) in [7, 11) is 0. The van der Waals surface area contributed by atoms with Gasteiger partial charge in [-0.15, -0.1) is 10.2 Å². The number of rotatable bonds is 6. The Bertz CT molecular complexity index is 801. The molecule has 6 heteroatoms. The fraction of sp³-hybridized carbons (Fsp3) is 0.500. The van der Waals surface area contributed by atoms with Gasteiger partial charge in [0.25, 0.3) is 5.91 Å². The molecule has 0 spiro atoms. The number of amides is 1. The number of benzene rings is 1. The highest BCUT2D eigenvalue weighted by atomic mass is 16.1. The molecule has 0 bridgehead atoms. The molecule has 150 valence electrons. The maximum atomic E-state index is 12.6. The van der Waals surface area contributed by atoms with Crippen LogP contribution in [0.25, 0.3) is 0 Å². The molecular weight excluding hydrogens is 350 g/mol. The van der Waals surface area contributed by atoms with E-state index in [0.717, 1.165) is 43.2 Å². The summed E-state index contributed by atoms with van der Waals surface area (Å²) in [6, 6.07) is 9.77. The number of anilines is 3. The zero-order valence-electron chi connectivity index (χ0n) is 17.4. The van der Waals surface area contributed by atoms with Crippen molar-refractivity contribution in [3.8, 4) is 0 Å². The van der Waals surface area contributed by atoms with Crippen molar-refractivity contribution in [3.63, 3.8) is 0 Å². The number of aromatic nitrogens is 2. The van der Waals surface area contributed by atoms with Gasteiger partial charge in [0, 0.05) is 37.6 Å². The molecule has 0 radical (unpaired) electrons. The topological polar surface area (TPSA) is 61.4 Å². The lowest BCUT2D eigenvalue weighted by Gasteiger charge is -2.31. The third-order valence-electron chi connectivity index (χ3n) is 5.45. The lowest BCUT2D eigenvalue weighted by atomic mass is 10.0. The van der Waals surface area contributed by atoms with Crippen LogP contribution in [0.1, 0.15) is 49.7 Å². The quantitative estimate of drug-likeness (QED) is 0.815. The minimum Gasteiger partial charge on any atom is -0.372 e. The van der Waals surface area contributed by atoms with Crippen molar-refractivity contribution < 1.29 is 4.79 Å². The van der Waals surface area contributed by atoms with Gasteiger partial charge in [-0.2, -0.15) is 0 Å². The van der Waals surface area contributed by atoms with Crippen molar-refractivity contribution >= 4 is 23.1 Å². The van der Waals surface area contributed by atoms with E-state index in [4.69, 9.17) is 0 Å². The number of hydrogen-bond donors (Lipinski definition) is 1. The van der Waals surface area contributed by atoms with E-state index in [1.807, 2.05) is 25.1 Å². The molecule has 1 fully saturated rings. The normalized spacial score (nSPS) is 16.7. The zero-order chi connectivity index (χ0) is 20.1. The summed E-state index contributed by atoms with van der Waals surface area (Å²) in [5.41, 5.74) is 3.34. The summed E-state index contributed by atoms with van der Waals surface area (Å²) in [5, 5.41) is 11.4. The minimum atomic E-state index is -0.232. The molecule has 1 aliphatic rings. The van der Waals surface area contributed by atoms with E-state index >= 15 is 0 Å². The van der Waals surface area contributed by atoms with E-state index < -0.39 is 0 Å². The highest BCUT2D eigenvalue weighted by Crippen LogP contribution is 2.24. The average Bonchev–Trinajstić information content (AvgIpc) is 2.71. The van der Waals surface area contributed by atoms with Crippen LogP contribution in [-0.4, -0.2) is 42.3 Å². The van der Waals surface area contributed by atoms with Crippen LogP contribution in [0.3, 0.4) is 0 Å². The van der Waals surface area contributed by atoms with E-state index in [0.29, 0.717) is 11.6 Å². The van der Waals surface area contributed by atoms with Gasteiger partial charge in [-0.3, -0.25) is 4.79 Å². The van der Waals surface area contributed by atoms with E-state index in [-0.39, 0.29) is 5.91 Å². The van der Waals surface area contributed by atoms with Crippen LogP contribution in [-0.2, 0) is 0 Å². The van der Waals surface area contributed by atoms with Crippen LogP contribution in [0.5, 0.6) is 0 Å². The molecular formula is C22H31N5O. The van der Waals surface area contributed by atoms with Crippen molar-refractivity contribution in [2.24, 2.45) is 5.92 Å². The average molecular weight is 382 g/mol. The molecule has 0 saturated carbocycles. The molecule has 2 heterocycles. The van der Waals surface area contributed by atoms with Crippen LogP contribution >= 0.6 is 0 Å². The first-order valence-electron chi connectivity index (χ1n) is 10.3. The molecule has 1 amide bonds. The second kappa shape index (κ2) is 9.04. The molecule has 1 saturated heterocycles. The molecule has 1 N–H and O–H groups in total. The predicted molar refractivity (Wildman–Crippen MR) is 115 cm³/mol. The fourth-order valence-electron chi connectivity index (χ4n) is 3.77. The van der Waals surface area contributed by atoms with Crippen molar-refractivity contribution in [2.45, 2.75) is 40.5 Å². The van der Waals surface area contributed by atoms with Gasteiger partial charge in [-0.05, 0) is 75.4 Å². The number of hydrogen-bond acceptors (Lipinski definition) is 5. The maximum Gasteiger partial charge on any atom is 0.276 e. The molecule has 1 aliphatic heterocycles. The molecule has 1 aromatic carbocycles. The Morgan fingerprint density at radius 1 is 1.21 bits per heavy atom. The Morgan fingerprint density at radius 3 is 2.61 bits per heavy atom. The first kappa shape index (κ1) is 20.1. The fourth-order valence-corrected chi connectivity index (χ4v) is 3.77. The molecule has 1 atom stereocenters.